The van der Waals surface area contributed by atoms with Crippen molar-refractivity contribution in [2.45, 2.75) is 26.5 Å². The van der Waals surface area contributed by atoms with Crippen molar-refractivity contribution in [2.24, 2.45) is 0 Å². The molecule has 7 heteroatoms. The Morgan fingerprint density at radius 1 is 1.16 bits per heavy atom. The standard InChI is InChI=1S/C18H18F2N2O3/c1-11(21-12(2)23)18(24)22-15-6-7-17(16(20)9-15)25-10-13-4-3-5-14(19)8-13/h3-9,11H,10H2,1-2H3,(H,21,23)(H,22,24)/t11-/m1/s1. The molecule has 2 rings (SSSR count). The normalized spacial score (nSPS) is 11.5. The molecule has 2 N–H and O–H groups in total. The van der Waals surface area contributed by atoms with Crippen molar-refractivity contribution in [3.8, 4) is 5.75 Å². The summed E-state index contributed by atoms with van der Waals surface area (Å²) in [7, 11) is 0. The predicted molar refractivity (Wildman–Crippen MR) is 89.0 cm³/mol. The molecule has 0 bridgehead atoms. The highest BCUT2D eigenvalue weighted by Gasteiger charge is 2.14. The number of anilines is 1. The Kier molecular flexibility index (Phi) is 6.05. The molecule has 0 radical (unpaired) electrons. The van der Waals surface area contributed by atoms with E-state index in [-0.39, 0.29) is 24.0 Å². The van der Waals surface area contributed by atoms with Gasteiger partial charge in [-0.05, 0) is 36.8 Å². The average molecular weight is 348 g/mol. The summed E-state index contributed by atoms with van der Waals surface area (Å²) < 4.78 is 32.5. The van der Waals surface area contributed by atoms with Crippen LogP contribution in [0.5, 0.6) is 5.75 Å². The van der Waals surface area contributed by atoms with Crippen LogP contribution in [0.1, 0.15) is 19.4 Å². The molecule has 2 amide bonds. The van der Waals surface area contributed by atoms with Crippen molar-refractivity contribution in [2.75, 3.05) is 5.32 Å². The van der Waals surface area contributed by atoms with Crippen LogP contribution in [0.3, 0.4) is 0 Å². The summed E-state index contributed by atoms with van der Waals surface area (Å²) in [4.78, 5) is 22.8. The molecular formula is C18H18F2N2O3. The molecule has 2 aromatic rings. The van der Waals surface area contributed by atoms with Crippen LogP contribution in [0.25, 0.3) is 0 Å². The zero-order valence-electron chi connectivity index (χ0n) is 13.8. The van der Waals surface area contributed by atoms with Crippen LogP contribution in [-0.2, 0) is 16.2 Å². The molecule has 0 heterocycles. The number of carbonyl (C=O) groups excluding carboxylic acids is 2. The van der Waals surface area contributed by atoms with E-state index in [2.05, 4.69) is 10.6 Å². The number of rotatable bonds is 6. The zero-order valence-corrected chi connectivity index (χ0v) is 13.8. The van der Waals surface area contributed by atoms with E-state index in [9.17, 15) is 18.4 Å². The predicted octanol–water partition coefficient (Wildman–Crippen LogP) is 3.01. The van der Waals surface area contributed by atoms with E-state index in [0.717, 1.165) is 6.07 Å². The first-order valence-electron chi connectivity index (χ1n) is 7.60. The maximum atomic E-state index is 14.1. The molecule has 0 saturated carbocycles. The Labute approximate surface area is 144 Å². The summed E-state index contributed by atoms with van der Waals surface area (Å²) in [5.41, 5.74) is 0.804. The van der Waals surface area contributed by atoms with Gasteiger partial charge < -0.3 is 15.4 Å². The SMILES string of the molecule is CC(=O)N[C@H](C)C(=O)Nc1ccc(OCc2cccc(F)c2)c(F)c1. The van der Waals surface area contributed by atoms with Crippen LogP contribution in [0.2, 0.25) is 0 Å². The van der Waals surface area contributed by atoms with E-state index in [1.807, 2.05) is 0 Å². The van der Waals surface area contributed by atoms with Crippen molar-refractivity contribution in [3.63, 3.8) is 0 Å². The van der Waals surface area contributed by atoms with Gasteiger partial charge in [0, 0.05) is 18.7 Å². The molecule has 132 valence electrons. The number of ether oxygens (including phenoxy) is 1. The second kappa shape index (κ2) is 8.23. The van der Waals surface area contributed by atoms with E-state index >= 15 is 0 Å². The lowest BCUT2D eigenvalue weighted by molar-refractivity contribution is -0.124. The molecule has 0 aliphatic carbocycles. The van der Waals surface area contributed by atoms with Crippen molar-refractivity contribution < 1.29 is 23.1 Å². The topological polar surface area (TPSA) is 67.4 Å². The van der Waals surface area contributed by atoms with E-state index in [1.54, 1.807) is 12.1 Å². The largest absolute Gasteiger partial charge is 0.486 e. The first kappa shape index (κ1) is 18.4. The van der Waals surface area contributed by atoms with Crippen molar-refractivity contribution in [1.82, 2.24) is 5.32 Å². The van der Waals surface area contributed by atoms with Crippen LogP contribution in [0, 0.1) is 11.6 Å². The molecule has 0 fully saturated rings. The molecule has 0 saturated heterocycles. The van der Waals surface area contributed by atoms with Gasteiger partial charge in [-0.3, -0.25) is 9.59 Å². The van der Waals surface area contributed by atoms with Gasteiger partial charge in [0.25, 0.3) is 0 Å². The molecule has 25 heavy (non-hydrogen) atoms. The highest BCUT2D eigenvalue weighted by atomic mass is 19.1. The Morgan fingerprint density at radius 2 is 1.92 bits per heavy atom. The smallest absolute Gasteiger partial charge is 0.246 e. The molecule has 0 aliphatic rings. The van der Waals surface area contributed by atoms with Crippen LogP contribution >= 0.6 is 0 Å². The molecule has 2 aromatic carbocycles. The zero-order chi connectivity index (χ0) is 18.4. The highest BCUT2D eigenvalue weighted by Crippen LogP contribution is 2.22. The van der Waals surface area contributed by atoms with E-state index in [1.165, 1.54) is 38.1 Å². The highest BCUT2D eigenvalue weighted by molar-refractivity contribution is 5.96. The van der Waals surface area contributed by atoms with Crippen LogP contribution < -0.4 is 15.4 Å². The second-order valence-corrected chi connectivity index (χ2v) is 5.48. The molecule has 0 spiro atoms. The average Bonchev–Trinajstić information content (AvgIpc) is 2.53. The number of benzene rings is 2. The third kappa shape index (κ3) is 5.56. The van der Waals surface area contributed by atoms with E-state index in [4.69, 9.17) is 4.74 Å². The fourth-order valence-corrected chi connectivity index (χ4v) is 2.10. The van der Waals surface area contributed by atoms with Gasteiger partial charge in [-0.2, -0.15) is 0 Å². The van der Waals surface area contributed by atoms with E-state index < -0.39 is 23.6 Å². The summed E-state index contributed by atoms with van der Waals surface area (Å²) >= 11 is 0. The van der Waals surface area contributed by atoms with Crippen LogP contribution in [0.4, 0.5) is 14.5 Å². The number of amides is 2. The Bertz CT molecular complexity index is 781. The number of hydrogen-bond donors (Lipinski definition) is 2. The minimum Gasteiger partial charge on any atom is -0.486 e. The fraction of sp³-hybridized carbons (Fsp3) is 0.222. The van der Waals surface area contributed by atoms with Crippen molar-refractivity contribution in [1.29, 1.82) is 0 Å². The van der Waals surface area contributed by atoms with Gasteiger partial charge in [-0.15, -0.1) is 0 Å². The fourth-order valence-electron chi connectivity index (χ4n) is 2.10. The quantitative estimate of drug-likeness (QED) is 0.843. The lowest BCUT2D eigenvalue weighted by Crippen LogP contribution is -2.40. The summed E-state index contributed by atoms with van der Waals surface area (Å²) in [5.74, 6) is -1.88. The first-order chi connectivity index (χ1) is 11.8. The summed E-state index contributed by atoms with van der Waals surface area (Å²) in [6, 6.07) is 9.02. The number of hydrogen-bond acceptors (Lipinski definition) is 3. The Morgan fingerprint density at radius 3 is 2.56 bits per heavy atom. The monoisotopic (exact) mass is 348 g/mol. The van der Waals surface area contributed by atoms with Gasteiger partial charge in [-0.1, -0.05) is 12.1 Å². The third-order valence-electron chi connectivity index (χ3n) is 3.30. The number of nitrogens with one attached hydrogen (secondary N) is 2. The molecule has 0 aliphatic heterocycles. The summed E-state index contributed by atoms with van der Waals surface area (Å²) in [6.07, 6.45) is 0. The molecule has 1 atom stereocenters. The molecule has 0 unspecified atom stereocenters. The van der Waals surface area contributed by atoms with Crippen molar-refractivity contribution >= 4 is 17.5 Å². The molecular weight excluding hydrogens is 330 g/mol. The number of halogens is 2. The Hall–Kier alpha value is -2.96. The van der Waals surface area contributed by atoms with Gasteiger partial charge in [0.05, 0.1) is 0 Å². The Balaban J connectivity index is 1.98. The lowest BCUT2D eigenvalue weighted by Gasteiger charge is -2.14. The summed E-state index contributed by atoms with van der Waals surface area (Å²) in [6.45, 7) is 2.83. The third-order valence-corrected chi connectivity index (χ3v) is 3.30. The summed E-state index contributed by atoms with van der Waals surface area (Å²) in [5, 5.41) is 4.93. The number of carbonyl (C=O) groups is 2. The minimum atomic E-state index is -0.746. The van der Waals surface area contributed by atoms with Gasteiger partial charge in [0.15, 0.2) is 11.6 Å². The van der Waals surface area contributed by atoms with Crippen LogP contribution in [-0.4, -0.2) is 17.9 Å². The maximum Gasteiger partial charge on any atom is 0.246 e. The molecule has 5 nitrogen and oxygen atoms in total. The lowest BCUT2D eigenvalue weighted by atomic mass is 10.2. The van der Waals surface area contributed by atoms with Crippen molar-refractivity contribution in [3.05, 3.63) is 59.7 Å². The van der Waals surface area contributed by atoms with Gasteiger partial charge in [0.1, 0.15) is 18.5 Å². The molecule has 0 aromatic heterocycles. The van der Waals surface area contributed by atoms with Crippen LogP contribution in [0.15, 0.2) is 42.5 Å². The van der Waals surface area contributed by atoms with Gasteiger partial charge in [-0.25, -0.2) is 8.78 Å². The van der Waals surface area contributed by atoms with Gasteiger partial charge in [0.2, 0.25) is 11.8 Å². The van der Waals surface area contributed by atoms with E-state index in [0.29, 0.717) is 5.56 Å². The van der Waals surface area contributed by atoms with Gasteiger partial charge >= 0.3 is 0 Å². The maximum absolute atomic E-state index is 14.1. The minimum absolute atomic E-state index is 0.0138. The second-order valence-electron chi connectivity index (χ2n) is 5.48. The first-order valence-corrected chi connectivity index (χ1v) is 7.60.